The van der Waals surface area contributed by atoms with Gasteiger partial charge in [-0.3, -0.25) is 4.79 Å². The number of hydrogen-bond donors (Lipinski definition) is 2. The zero-order chi connectivity index (χ0) is 37.0. The van der Waals surface area contributed by atoms with Crippen LogP contribution in [0.3, 0.4) is 0 Å². The van der Waals surface area contributed by atoms with Crippen molar-refractivity contribution < 1.29 is 29.0 Å². The van der Waals surface area contributed by atoms with E-state index in [2.05, 4.69) is 52.1 Å². The minimum atomic E-state index is -1.23. The first-order valence-electron chi connectivity index (χ1n) is 19.6. The van der Waals surface area contributed by atoms with Gasteiger partial charge < -0.3 is 24.3 Å². The predicted molar refractivity (Wildman–Crippen MR) is 207 cm³/mol. The van der Waals surface area contributed by atoms with Crippen molar-refractivity contribution >= 4 is 23.2 Å². The van der Waals surface area contributed by atoms with Crippen molar-refractivity contribution in [3.05, 3.63) is 93.1 Å². The lowest BCUT2D eigenvalue weighted by Gasteiger charge is -2.46. The molecule has 8 heteroatoms. The second-order valence-electron chi connectivity index (χ2n) is 16.8. The monoisotopic (exact) mass is 729 g/mol. The van der Waals surface area contributed by atoms with E-state index in [0.717, 1.165) is 43.2 Å². The van der Waals surface area contributed by atoms with E-state index in [-0.39, 0.29) is 36.2 Å². The number of ether oxygens (including phenoxy) is 1. The van der Waals surface area contributed by atoms with Gasteiger partial charge in [-0.05, 0) is 136 Å². The maximum atomic E-state index is 14.4. The van der Waals surface area contributed by atoms with E-state index in [4.69, 9.17) is 9.15 Å². The molecular weight excluding hydrogens is 671 g/mol. The van der Waals surface area contributed by atoms with Crippen LogP contribution in [-0.4, -0.2) is 57.9 Å². The number of aliphatic hydroxyl groups is 2. The molecule has 0 spiro atoms. The lowest BCUT2D eigenvalue weighted by Crippen LogP contribution is -2.54. The Kier molecular flexibility index (Phi) is 12.2. The normalized spacial score (nSPS) is 29.7. The van der Waals surface area contributed by atoms with Crippen molar-refractivity contribution in [1.82, 2.24) is 4.90 Å². The smallest absolute Gasteiger partial charge is 0.410 e. The third-order valence-electron chi connectivity index (χ3n) is 12.8. The van der Waals surface area contributed by atoms with Crippen LogP contribution in [0.2, 0.25) is 0 Å². The van der Waals surface area contributed by atoms with Gasteiger partial charge in [0.2, 0.25) is 5.78 Å². The van der Waals surface area contributed by atoms with Gasteiger partial charge in [-0.2, -0.15) is 0 Å². The average molecular weight is 730 g/mol. The Morgan fingerprint density at radius 2 is 1.92 bits per heavy atom. The molecule has 0 saturated heterocycles. The summed E-state index contributed by atoms with van der Waals surface area (Å²) in [5.41, 5.74) is 1.67. The highest BCUT2D eigenvalue weighted by Gasteiger charge is 2.58. The van der Waals surface area contributed by atoms with Gasteiger partial charge in [0.05, 0.1) is 24.5 Å². The van der Waals surface area contributed by atoms with Crippen molar-refractivity contribution in [2.45, 2.75) is 129 Å². The molecule has 7 rings (SSSR count). The molecular formula is C44H59NO6S. The molecule has 2 fully saturated rings. The largest absolute Gasteiger partial charge is 0.461 e. The maximum Gasteiger partial charge on any atom is 0.410 e. The summed E-state index contributed by atoms with van der Waals surface area (Å²) in [7, 11) is 0. The fourth-order valence-corrected chi connectivity index (χ4v) is 10.1. The van der Waals surface area contributed by atoms with Gasteiger partial charge in [-0.15, -0.1) is 11.3 Å². The van der Waals surface area contributed by atoms with Crippen LogP contribution >= 0.6 is 11.3 Å². The van der Waals surface area contributed by atoms with Crippen molar-refractivity contribution in [1.29, 1.82) is 0 Å². The van der Waals surface area contributed by atoms with Gasteiger partial charge in [0.15, 0.2) is 5.76 Å². The van der Waals surface area contributed by atoms with Gasteiger partial charge in [-0.25, -0.2) is 4.79 Å². The van der Waals surface area contributed by atoms with Crippen LogP contribution in [0.4, 0.5) is 4.79 Å². The van der Waals surface area contributed by atoms with Gasteiger partial charge >= 0.3 is 6.09 Å². The molecule has 0 aliphatic heterocycles. The first kappa shape index (κ1) is 38.5. The lowest BCUT2D eigenvalue weighted by atomic mass is 9.64. The maximum absolute atomic E-state index is 14.4. The highest BCUT2D eigenvalue weighted by Crippen LogP contribution is 2.59. The summed E-state index contributed by atoms with van der Waals surface area (Å²) >= 11 is 1.68. The van der Waals surface area contributed by atoms with Gasteiger partial charge in [0.1, 0.15) is 6.10 Å². The fourth-order valence-electron chi connectivity index (χ4n) is 9.44. The molecule has 2 heterocycles. The van der Waals surface area contributed by atoms with E-state index in [1.807, 2.05) is 24.3 Å². The number of amides is 1. The number of benzene rings is 1. The van der Waals surface area contributed by atoms with Crippen molar-refractivity contribution in [3.8, 4) is 0 Å². The minimum Gasteiger partial charge on any atom is -0.461 e. The highest BCUT2D eigenvalue weighted by molar-refractivity contribution is 7.09. The zero-order valence-corrected chi connectivity index (χ0v) is 32.6. The Bertz CT molecular complexity index is 1680. The minimum absolute atomic E-state index is 0.142. The molecule has 282 valence electrons. The molecule has 7 atom stereocenters. The van der Waals surface area contributed by atoms with Gasteiger partial charge in [0, 0.05) is 22.4 Å². The third kappa shape index (κ3) is 8.45. The van der Waals surface area contributed by atoms with Crippen LogP contribution < -0.4 is 0 Å². The Morgan fingerprint density at radius 3 is 2.65 bits per heavy atom. The van der Waals surface area contributed by atoms with E-state index in [9.17, 15) is 19.8 Å². The molecule has 2 aromatic heterocycles. The first-order valence-corrected chi connectivity index (χ1v) is 20.5. The summed E-state index contributed by atoms with van der Waals surface area (Å²) < 4.78 is 12.1. The summed E-state index contributed by atoms with van der Waals surface area (Å²) in [5, 5.41) is 26.1. The van der Waals surface area contributed by atoms with E-state index >= 15 is 0 Å². The van der Waals surface area contributed by atoms with E-state index in [1.54, 1.807) is 28.4 Å². The summed E-state index contributed by atoms with van der Waals surface area (Å²) in [4.78, 5) is 31.4. The molecule has 3 aromatic rings. The molecule has 4 aliphatic carbocycles. The lowest BCUT2D eigenvalue weighted by molar-refractivity contribution is -0.0861. The van der Waals surface area contributed by atoms with Crippen LogP contribution in [0.15, 0.2) is 70.2 Å². The fraction of sp³-hybridized carbons (Fsp3) is 0.591. The second-order valence-corrected chi connectivity index (χ2v) is 17.8. The SMILES string of the molecule is CC1=CCCC2(C)C(CCC2(O)CN(CCc2cccs2)C(=O)OC2CC(C)CCC2C(C)C)c2ccc(cc2C(=O)c2ccco2)CC(O)CC1. The van der Waals surface area contributed by atoms with E-state index in [0.29, 0.717) is 68.4 Å². The number of ketones is 1. The number of allylic oxidation sites excluding steroid dienone is 2. The Morgan fingerprint density at radius 1 is 1.10 bits per heavy atom. The molecule has 2 N–H and O–H groups in total. The molecule has 0 radical (unpaired) electrons. The summed E-state index contributed by atoms with van der Waals surface area (Å²) in [6.45, 7) is 11.6. The number of furan rings is 1. The van der Waals surface area contributed by atoms with Crippen molar-refractivity contribution in [2.75, 3.05) is 13.1 Å². The van der Waals surface area contributed by atoms with E-state index in [1.165, 1.54) is 16.7 Å². The zero-order valence-electron chi connectivity index (χ0n) is 31.8. The summed E-state index contributed by atoms with van der Waals surface area (Å²) in [6.07, 6.45) is 11.0. The van der Waals surface area contributed by atoms with Crippen molar-refractivity contribution in [3.63, 3.8) is 0 Å². The first-order chi connectivity index (χ1) is 24.9. The average Bonchev–Trinajstić information content (AvgIpc) is 3.88. The number of hydrogen-bond acceptors (Lipinski definition) is 7. The quantitative estimate of drug-likeness (QED) is 0.168. The van der Waals surface area contributed by atoms with Crippen LogP contribution in [-0.2, 0) is 17.6 Å². The summed E-state index contributed by atoms with van der Waals surface area (Å²) in [6, 6.07) is 13.5. The molecule has 2 saturated carbocycles. The number of rotatable bonds is 9. The van der Waals surface area contributed by atoms with Crippen LogP contribution in [0.25, 0.3) is 0 Å². The third-order valence-corrected chi connectivity index (χ3v) is 13.7. The molecule has 1 amide bonds. The topological polar surface area (TPSA) is 100 Å². The van der Waals surface area contributed by atoms with Crippen LogP contribution in [0, 0.1) is 23.2 Å². The molecule has 1 aromatic carbocycles. The Balaban J connectivity index is 1.37. The Hall–Kier alpha value is -3.20. The van der Waals surface area contributed by atoms with Crippen molar-refractivity contribution in [2.24, 2.45) is 23.2 Å². The number of fused-ring (bicyclic) bond motifs is 8. The number of thiophene rings is 1. The molecule has 52 heavy (non-hydrogen) atoms. The number of carbonyl (C=O) groups is 2. The van der Waals surface area contributed by atoms with Crippen LogP contribution in [0.5, 0.6) is 0 Å². The number of nitrogens with zero attached hydrogens (tertiary/aromatic N) is 1. The number of aliphatic hydroxyl groups excluding tert-OH is 1. The molecule has 7 nitrogen and oxygen atoms in total. The number of carbonyl (C=O) groups excluding carboxylic acids is 2. The molecule has 7 unspecified atom stereocenters. The Labute approximate surface area is 314 Å². The summed E-state index contributed by atoms with van der Waals surface area (Å²) in [5.74, 6) is 1.16. The van der Waals surface area contributed by atoms with Crippen LogP contribution in [0.1, 0.15) is 130 Å². The highest BCUT2D eigenvalue weighted by atomic mass is 32.1. The predicted octanol–water partition coefficient (Wildman–Crippen LogP) is 9.75. The van der Waals surface area contributed by atoms with Gasteiger partial charge in [0.25, 0.3) is 0 Å². The van der Waals surface area contributed by atoms with E-state index < -0.39 is 17.1 Å². The second kappa shape index (κ2) is 16.4. The van der Waals surface area contributed by atoms with Gasteiger partial charge in [-0.1, -0.05) is 64.0 Å². The molecule has 4 aliphatic rings. The standard InChI is InChI=1S/C44H59NO6S/c1-29(2)35-16-13-31(4)25-40(35)51-42(48)45(22-19-34-10-8-24-52-34)28-44(49)21-18-38-36-17-14-32(27-37(36)41(47)39-11-7-23-50-39)26-33(46)15-12-30(3)9-6-20-43(38,44)5/h7-11,14,17,23-24,27,29,31,33,35,38,40,46,49H,6,12-13,15-16,18-22,25-26,28H2,1-5H3. The molecule has 2 bridgehead atoms.